The molecular weight excluding hydrogens is 204 g/mol. The maximum Gasteiger partial charge on any atom is 0.239 e. The van der Waals surface area contributed by atoms with E-state index < -0.39 is 0 Å². The molecule has 1 fully saturated rings. The number of nitrogens with zero attached hydrogens (tertiary/aromatic N) is 1. The highest BCUT2D eigenvalue weighted by Gasteiger charge is 2.34. The van der Waals surface area contributed by atoms with Crippen molar-refractivity contribution in [2.24, 2.45) is 11.3 Å². The highest BCUT2D eigenvalue weighted by Crippen LogP contribution is 2.21. The van der Waals surface area contributed by atoms with Crippen molar-refractivity contribution in [2.45, 2.75) is 33.7 Å². The maximum absolute atomic E-state index is 11.8. The average Bonchev–Trinajstić information content (AvgIpc) is 2.23. The van der Waals surface area contributed by atoms with E-state index in [1.807, 2.05) is 0 Å². The van der Waals surface area contributed by atoms with E-state index in [1.54, 1.807) is 0 Å². The normalized spacial score (nSPS) is 26.6. The molecule has 1 unspecified atom stereocenters. The summed E-state index contributed by atoms with van der Waals surface area (Å²) in [6.07, 6.45) is 0. The SMILES string of the molecule is CC(C)CN1CC(C)(C)CNC(=O)C1CO. The Kier molecular flexibility index (Phi) is 4.33. The van der Waals surface area contributed by atoms with Gasteiger partial charge in [0.05, 0.1) is 6.61 Å². The summed E-state index contributed by atoms with van der Waals surface area (Å²) < 4.78 is 0. The zero-order valence-corrected chi connectivity index (χ0v) is 10.8. The molecule has 0 aliphatic carbocycles. The third-order valence-electron chi connectivity index (χ3n) is 2.89. The van der Waals surface area contributed by atoms with Crippen molar-refractivity contribution in [1.29, 1.82) is 0 Å². The van der Waals surface area contributed by atoms with Gasteiger partial charge >= 0.3 is 0 Å². The minimum atomic E-state index is -0.385. The van der Waals surface area contributed by atoms with Crippen molar-refractivity contribution in [1.82, 2.24) is 10.2 Å². The molecule has 4 heteroatoms. The first-order valence-corrected chi connectivity index (χ1v) is 5.98. The third kappa shape index (κ3) is 3.46. The summed E-state index contributed by atoms with van der Waals surface area (Å²) in [5.74, 6) is 0.449. The molecule has 0 aromatic heterocycles. The van der Waals surface area contributed by atoms with E-state index in [9.17, 15) is 9.90 Å². The zero-order valence-electron chi connectivity index (χ0n) is 10.8. The van der Waals surface area contributed by atoms with Gasteiger partial charge in [0.25, 0.3) is 0 Å². The van der Waals surface area contributed by atoms with Crippen molar-refractivity contribution in [2.75, 3.05) is 26.2 Å². The summed E-state index contributed by atoms with van der Waals surface area (Å²) >= 11 is 0. The van der Waals surface area contributed by atoms with Crippen molar-refractivity contribution >= 4 is 5.91 Å². The highest BCUT2D eigenvalue weighted by atomic mass is 16.3. The molecule has 0 bridgehead atoms. The predicted octanol–water partition coefficient (Wildman–Crippen LogP) is 0.461. The Morgan fingerprint density at radius 2 is 2.19 bits per heavy atom. The maximum atomic E-state index is 11.8. The Labute approximate surface area is 98.0 Å². The van der Waals surface area contributed by atoms with Gasteiger partial charge in [-0.2, -0.15) is 0 Å². The quantitative estimate of drug-likeness (QED) is 0.738. The van der Waals surface area contributed by atoms with Crippen molar-refractivity contribution < 1.29 is 9.90 Å². The molecule has 1 saturated heterocycles. The molecule has 16 heavy (non-hydrogen) atoms. The van der Waals surface area contributed by atoms with Crippen LogP contribution < -0.4 is 5.32 Å². The predicted molar refractivity (Wildman–Crippen MR) is 64.1 cm³/mol. The fraction of sp³-hybridized carbons (Fsp3) is 0.917. The topological polar surface area (TPSA) is 52.6 Å². The molecule has 1 heterocycles. The Balaban J connectivity index is 2.82. The van der Waals surface area contributed by atoms with Gasteiger partial charge in [0, 0.05) is 19.6 Å². The largest absolute Gasteiger partial charge is 0.394 e. The summed E-state index contributed by atoms with van der Waals surface area (Å²) in [5, 5.41) is 12.2. The van der Waals surface area contributed by atoms with E-state index in [0.29, 0.717) is 12.5 Å². The van der Waals surface area contributed by atoms with Crippen LogP contribution in [0.2, 0.25) is 0 Å². The van der Waals surface area contributed by atoms with Gasteiger partial charge in [0.1, 0.15) is 6.04 Å². The van der Waals surface area contributed by atoms with Crippen LogP contribution in [-0.2, 0) is 4.79 Å². The molecule has 0 spiro atoms. The molecule has 1 atom stereocenters. The standard InChI is InChI=1S/C12H24N2O2/c1-9(2)5-14-8-12(3,4)7-13-11(16)10(14)6-15/h9-10,15H,5-8H2,1-4H3,(H,13,16). The number of carbonyl (C=O) groups excluding carboxylic acids is 1. The summed E-state index contributed by atoms with van der Waals surface area (Å²) in [7, 11) is 0. The Morgan fingerprint density at radius 1 is 1.56 bits per heavy atom. The summed E-state index contributed by atoms with van der Waals surface area (Å²) in [6, 6.07) is -0.385. The summed E-state index contributed by atoms with van der Waals surface area (Å²) in [4.78, 5) is 13.9. The van der Waals surface area contributed by atoms with Crippen LogP contribution in [-0.4, -0.2) is 48.2 Å². The van der Waals surface area contributed by atoms with Crippen molar-refractivity contribution in [3.8, 4) is 0 Å². The molecular formula is C12H24N2O2. The molecule has 0 aromatic carbocycles. The van der Waals surface area contributed by atoms with Gasteiger partial charge in [-0.15, -0.1) is 0 Å². The number of aliphatic hydroxyl groups is 1. The molecule has 94 valence electrons. The van der Waals surface area contributed by atoms with Crippen molar-refractivity contribution in [3.63, 3.8) is 0 Å². The summed E-state index contributed by atoms with van der Waals surface area (Å²) in [5.41, 5.74) is 0.0640. The second kappa shape index (κ2) is 5.15. The van der Waals surface area contributed by atoms with E-state index in [-0.39, 0.29) is 24.0 Å². The van der Waals surface area contributed by atoms with E-state index in [2.05, 4.69) is 37.9 Å². The second-order valence-electron chi connectivity index (χ2n) is 5.90. The molecule has 2 N–H and O–H groups in total. The first kappa shape index (κ1) is 13.5. The van der Waals surface area contributed by atoms with Crippen LogP contribution >= 0.6 is 0 Å². The first-order chi connectivity index (χ1) is 7.35. The van der Waals surface area contributed by atoms with E-state index in [0.717, 1.165) is 13.1 Å². The number of amides is 1. The lowest BCUT2D eigenvalue weighted by Gasteiger charge is -2.33. The molecule has 1 amide bonds. The molecule has 1 rings (SSSR count). The van der Waals surface area contributed by atoms with Crippen LogP contribution in [0.3, 0.4) is 0 Å². The average molecular weight is 228 g/mol. The smallest absolute Gasteiger partial charge is 0.239 e. The fourth-order valence-electron chi connectivity index (χ4n) is 2.19. The first-order valence-electron chi connectivity index (χ1n) is 5.98. The lowest BCUT2D eigenvalue weighted by molar-refractivity contribution is -0.127. The lowest BCUT2D eigenvalue weighted by Crippen LogP contribution is -2.48. The van der Waals surface area contributed by atoms with Crippen LogP contribution in [0.1, 0.15) is 27.7 Å². The van der Waals surface area contributed by atoms with Gasteiger partial charge in [-0.25, -0.2) is 0 Å². The Hall–Kier alpha value is -0.610. The van der Waals surface area contributed by atoms with Gasteiger partial charge in [-0.05, 0) is 11.3 Å². The van der Waals surface area contributed by atoms with Gasteiger partial charge < -0.3 is 10.4 Å². The minimum Gasteiger partial charge on any atom is -0.394 e. The lowest BCUT2D eigenvalue weighted by atomic mass is 9.93. The van der Waals surface area contributed by atoms with E-state index >= 15 is 0 Å². The van der Waals surface area contributed by atoms with Gasteiger partial charge in [-0.1, -0.05) is 27.7 Å². The van der Waals surface area contributed by atoms with Gasteiger partial charge in [0.2, 0.25) is 5.91 Å². The molecule has 1 aliphatic heterocycles. The number of hydrogen-bond donors (Lipinski definition) is 2. The Bertz CT molecular complexity index is 251. The minimum absolute atomic E-state index is 0.0475. The van der Waals surface area contributed by atoms with Crippen LogP contribution in [0.25, 0.3) is 0 Å². The number of aliphatic hydroxyl groups excluding tert-OH is 1. The monoisotopic (exact) mass is 228 g/mol. The van der Waals surface area contributed by atoms with Crippen LogP contribution in [0, 0.1) is 11.3 Å². The number of carbonyl (C=O) groups is 1. The number of rotatable bonds is 3. The van der Waals surface area contributed by atoms with Gasteiger partial charge in [-0.3, -0.25) is 9.69 Å². The highest BCUT2D eigenvalue weighted by molar-refractivity contribution is 5.82. The third-order valence-corrected chi connectivity index (χ3v) is 2.89. The van der Waals surface area contributed by atoms with E-state index in [1.165, 1.54) is 0 Å². The number of hydrogen-bond acceptors (Lipinski definition) is 3. The van der Waals surface area contributed by atoms with Gasteiger partial charge in [0.15, 0.2) is 0 Å². The molecule has 0 saturated carbocycles. The Morgan fingerprint density at radius 3 is 2.69 bits per heavy atom. The zero-order chi connectivity index (χ0) is 12.3. The molecule has 4 nitrogen and oxygen atoms in total. The van der Waals surface area contributed by atoms with E-state index in [4.69, 9.17) is 0 Å². The van der Waals surface area contributed by atoms with Crippen LogP contribution in [0.15, 0.2) is 0 Å². The molecule has 1 aliphatic rings. The summed E-state index contributed by atoms with van der Waals surface area (Å²) in [6.45, 7) is 10.8. The van der Waals surface area contributed by atoms with Crippen molar-refractivity contribution in [3.05, 3.63) is 0 Å². The van der Waals surface area contributed by atoms with Crippen LogP contribution in [0.4, 0.5) is 0 Å². The molecule has 0 aromatic rings. The molecule has 0 radical (unpaired) electrons. The fourth-order valence-corrected chi connectivity index (χ4v) is 2.19. The van der Waals surface area contributed by atoms with Crippen LogP contribution in [0.5, 0.6) is 0 Å². The number of nitrogens with one attached hydrogen (secondary N) is 1. The second-order valence-corrected chi connectivity index (χ2v) is 5.90.